The van der Waals surface area contributed by atoms with Crippen LogP contribution in [0.1, 0.15) is 71.7 Å². The van der Waals surface area contributed by atoms with Gasteiger partial charge in [-0.15, -0.1) is 11.3 Å². The van der Waals surface area contributed by atoms with Crippen LogP contribution in [0.4, 0.5) is 5.00 Å². The standard InChI is InChI=1S/C28H40N4O5S2/c1-5-12-30(13-6-2)28(34)25-23-11-14-31(20(3)4)19-24(23)38-27(25)29-26(33)21-7-9-22(10-8-21)39(35,36)32-15-17-37-18-16-32/h7-10,20H,5-6,11-19H2,1-4H3,(H,29,33). The summed E-state index contributed by atoms with van der Waals surface area (Å²) in [5, 5.41) is 3.58. The van der Waals surface area contributed by atoms with E-state index in [1.165, 1.54) is 39.9 Å². The highest BCUT2D eigenvalue weighted by atomic mass is 32.2. The Morgan fingerprint density at radius 1 is 1.05 bits per heavy atom. The number of morpholine rings is 1. The van der Waals surface area contributed by atoms with E-state index < -0.39 is 10.0 Å². The SMILES string of the molecule is CCCN(CCC)C(=O)c1c(NC(=O)c2ccc(S(=O)(=O)N3CCOCC3)cc2)sc2c1CCN(C(C)C)C2. The zero-order valence-corrected chi connectivity index (χ0v) is 25.0. The predicted molar refractivity (Wildman–Crippen MR) is 154 cm³/mol. The Hall–Kier alpha value is -2.31. The molecule has 1 aromatic heterocycles. The summed E-state index contributed by atoms with van der Waals surface area (Å²) < 4.78 is 32.6. The van der Waals surface area contributed by atoms with Crippen LogP contribution in [0.25, 0.3) is 0 Å². The number of carbonyl (C=O) groups excluding carboxylic acids is 2. The molecule has 0 unspecified atom stereocenters. The number of amides is 2. The lowest BCUT2D eigenvalue weighted by Gasteiger charge is -2.31. The maximum atomic E-state index is 13.8. The zero-order chi connectivity index (χ0) is 28.2. The average molecular weight is 577 g/mol. The molecule has 2 aliphatic heterocycles. The molecule has 0 atom stereocenters. The van der Waals surface area contributed by atoms with E-state index in [0.29, 0.717) is 61.6 Å². The molecule has 214 valence electrons. The molecule has 0 radical (unpaired) electrons. The van der Waals surface area contributed by atoms with Crippen molar-refractivity contribution in [1.82, 2.24) is 14.1 Å². The first-order valence-electron chi connectivity index (χ1n) is 13.8. The lowest BCUT2D eigenvalue weighted by molar-refractivity contribution is 0.0730. The second-order valence-corrected chi connectivity index (χ2v) is 13.4. The summed E-state index contributed by atoms with van der Waals surface area (Å²) in [5.74, 6) is -0.396. The summed E-state index contributed by atoms with van der Waals surface area (Å²) >= 11 is 1.48. The molecule has 1 saturated heterocycles. The van der Waals surface area contributed by atoms with Crippen molar-refractivity contribution >= 4 is 38.2 Å². The molecule has 11 heteroatoms. The van der Waals surface area contributed by atoms with Gasteiger partial charge in [-0.25, -0.2) is 8.42 Å². The fourth-order valence-electron chi connectivity index (χ4n) is 5.08. The van der Waals surface area contributed by atoms with E-state index >= 15 is 0 Å². The average Bonchev–Trinajstić information content (AvgIpc) is 3.30. The third kappa shape index (κ3) is 6.54. The molecule has 39 heavy (non-hydrogen) atoms. The smallest absolute Gasteiger partial charge is 0.257 e. The number of hydrogen-bond donors (Lipinski definition) is 1. The largest absolute Gasteiger partial charge is 0.379 e. The van der Waals surface area contributed by atoms with Gasteiger partial charge < -0.3 is 15.0 Å². The van der Waals surface area contributed by atoms with Gasteiger partial charge in [0.1, 0.15) is 5.00 Å². The summed E-state index contributed by atoms with van der Waals surface area (Å²) in [5.41, 5.74) is 1.99. The molecule has 0 bridgehead atoms. The molecule has 2 amide bonds. The van der Waals surface area contributed by atoms with Crippen molar-refractivity contribution < 1.29 is 22.7 Å². The summed E-state index contributed by atoms with van der Waals surface area (Å²) in [4.78, 5) is 32.7. The van der Waals surface area contributed by atoms with Gasteiger partial charge >= 0.3 is 0 Å². The van der Waals surface area contributed by atoms with Crippen molar-refractivity contribution in [3.05, 3.63) is 45.8 Å². The van der Waals surface area contributed by atoms with Crippen LogP contribution in [0.2, 0.25) is 0 Å². The van der Waals surface area contributed by atoms with Crippen molar-refractivity contribution in [1.29, 1.82) is 0 Å². The molecular formula is C28H40N4O5S2. The Balaban J connectivity index is 1.60. The van der Waals surface area contributed by atoms with E-state index in [1.807, 2.05) is 4.90 Å². The number of carbonyl (C=O) groups is 2. The molecule has 4 rings (SSSR count). The van der Waals surface area contributed by atoms with Crippen LogP contribution in [-0.4, -0.2) is 86.3 Å². The van der Waals surface area contributed by atoms with E-state index in [9.17, 15) is 18.0 Å². The number of thiophene rings is 1. The van der Waals surface area contributed by atoms with Crippen LogP contribution < -0.4 is 5.32 Å². The molecule has 0 aliphatic carbocycles. The second-order valence-electron chi connectivity index (χ2n) is 10.3. The number of nitrogens with zero attached hydrogens (tertiary/aromatic N) is 3. The van der Waals surface area contributed by atoms with Gasteiger partial charge in [0.2, 0.25) is 10.0 Å². The number of ether oxygens (including phenoxy) is 1. The van der Waals surface area contributed by atoms with Crippen LogP contribution in [0.15, 0.2) is 29.2 Å². The third-order valence-electron chi connectivity index (χ3n) is 7.26. The van der Waals surface area contributed by atoms with Gasteiger partial charge in [0, 0.05) is 55.8 Å². The first-order chi connectivity index (χ1) is 18.7. The molecule has 3 heterocycles. The number of sulfonamides is 1. The molecule has 2 aromatic rings. The van der Waals surface area contributed by atoms with Gasteiger partial charge in [-0.05, 0) is 62.9 Å². The Labute approximate surface area is 236 Å². The number of nitrogens with one attached hydrogen (secondary N) is 1. The fourth-order valence-corrected chi connectivity index (χ4v) is 7.75. The monoisotopic (exact) mass is 576 g/mol. The highest BCUT2D eigenvalue weighted by Crippen LogP contribution is 2.38. The molecule has 2 aliphatic rings. The van der Waals surface area contributed by atoms with Crippen molar-refractivity contribution in [3.8, 4) is 0 Å². The van der Waals surface area contributed by atoms with Crippen molar-refractivity contribution in [2.75, 3.05) is 51.3 Å². The van der Waals surface area contributed by atoms with Gasteiger partial charge in [-0.3, -0.25) is 14.5 Å². The van der Waals surface area contributed by atoms with Gasteiger partial charge in [0.25, 0.3) is 11.8 Å². The number of anilines is 1. The molecule has 1 aromatic carbocycles. The molecule has 0 saturated carbocycles. The Bertz CT molecular complexity index is 1260. The van der Waals surface area contributed by atoms with Gasteiger partial charge in [0.05, 0.1) is 23.7 Å². The van der Waals surface area contributed by atoms with Crippen LogP contribution in [0.3, 0.4) is 0 Å². The van der Waals surface area contributed by atoms with Crippen LogP contribution in [0, 0.1) is 0 Å². The molecular weight excluding hydrogens is 536 g/mol. The minimum atomic E-state index is -3.65. The normalized spacial score (nSPS) is 16.7. The Morgan fingerprint density at radius 2 is 1.69 bits per heavy atom. The van der Waals surface area contributed by atoms with Crippen LogP contribution in [-0.2, 0) is 27.7 Å². The molecule has 1 N–H and O–H groups in total. The second kappa shape index (κ2) is 12.9. The minimum Gasteiger partial charge on any atom is -0.379 e. The van der Waals surface area contributed by atoms with Crippen molar-refractivity contribution in [3.63, 3.8) is 0 Å². The maximum absolute atomic E-state index is 13.8. The van der Waals surface area contributed by atoms with Gasteiger partial charge in [-0.1, -0.05) is 13.8 Å². The lowest BCUT2D eigenvalue weighted by Crippen LogP contribution is -2.40. The zero-order valence-electron chi connectivity index (χ0n) is 23.4. The topological polar surface area (TPSA) is 99.3 Å². The maximum Gasteiger partial charge on any atom is 0.257 e. The number of hydrogen-bond acceptors (Lipinski definition) is 7. The number of benzene rings is 1. The van der Waals surface area contributed by atoms with Crippen molar-refractivity contribution in [2.24, 2.45) is 0 Å². The van der Waals surface area contributed by atoms with E-state index in [4.69, 9.17) is 4.74 Å². The predicted octanol–water partition coefficient (Wildman–Crippen LogP) is 4.05. The van der Waals surface area contributed by atoms with Crippen molar-refractivity contribution in [2.45, 2.75) is 64.4 Å². The van der Waals surface area contributed by atoms with Crippen LogP contribution in [0.5, 0.6) is 0 Å². The Morgan fingerprint density at radius 3 is 2.28 bits per heavy atom. The molecule has 1 fully saturated rings. The molecule has 0 spiro atoms. The first-order valence-corrected chi connectivity index (χ1v) is 16.1. The quantitative estimate of drug-likeness (QED) is 0.458. The highest BCUT2D eigenvalue weighted by molar-refractivity contribution is 7.89. The van der Waals surface area contributed by atoms with E-state index in [1.54, 1.807) is 0 Å². The van der Waals surface area contributed by atoms with Gasteiger partial charge in [-0.2, -0.15) is 4.31 Å². The summed E-state index contributed by atoms with van der Waals surface area (Å²) in [7, 11) is -3.65. The molecule has 9 nitrogen and oxygen atoms in total. The Kier molecular flexibility index (Phi) is 9.82. The highest BCUT2D eigenvalue weighted by Gasteiger charge is 2.32. The number of fused-ring (bicyclic) bond motifs is 1. The van der Waals surface area contributed by atoms with E-state index in [0.717, 1.165) is 42.8 Å². The summed E-state index contributed by atoms with van der Waals surface area (Å²) in [6.45, 7) is 12.8. The fraction of sp³-hybridized carbons (Fsp3) is 0.571. The number of rotatable bonds is 10. The van der Waals surface area contributed by atoms with E-state index in [-0.39, 0.29) is 16.7 Å². The summed E-state index contributed by atoms with van der Waals surface area (Å²) in [6.07, 6.45) is 2.49. The third-order valence-corrected chi connectivity index (χ3v) is 10.3. The van der Waals surface area contributed by atoms with E-state index in [2.05, 4.69) is 37.9 Å². The summed E-state index contributed by atoms with van der Waals surface area (Å²) in [6, 6.07) is 6.38. The van der Waals surface area contributed by atoms with Gasteiger partial charge in [0.15, 0.2) is 0 Å². The first kappa shape index (κ1) is 29.7. The lowest BCUT2D eigenvalue weighted by atomic mass is 10.0. The minimum absolute atomic E-state index is 0.0311. The van der Waals surface area contributed by atoms with Crippen LogP contribution >= 0.6 is 11.3 Å².